The van der Waals surface area contributed by atoms with Gasteiger partial charge in [-0.1, -0.05) is 18.3 Å². The third-order valence-electron chi connectivity index (χ3n) is 2.15. The van der Waals surface area contributed by atoms with Crippen LogP contribution in [0.25, 0.3) is 0 Å². The van der Waals surface area contributed by atoms with Gasteiger partial charge in [0.2, 0.25) is 0 Å². The van der Waals surface area contributed by atoms with Gasteiger partial charge in [-0.25, -0.2) is 0 Å². The van der Waals surface area contributed by atoms with Crippen LogP contribution in [0.2, 0.25) is 0 Å². The number of hydrogen-bond donors (Lipinski definition) is 0. The summed E-state index contributed by atoms with van der Waals surface area (Å²) in [6.45, 7) is 8.09. The Morgan fingerprint density at radius 2 is 2.00 bits per heavy atom. The van der Waals surface area contributed by atoms with E-state index in [4.69, 9.17) is 0 Å². The molecular weight excluding hydrogens is 182 g/mol. The van der Waals surface area contributed by atoms with Gasteiger partial charge in [0.05, 0.1) is 0 Å². The smallest absolute Gasteiger partial charge is 0.163 e. The normalized spacial score (nSPS) is 20.5. The van der Waals surface area contributed by atoms with E-state index in [1.807, 2.05) is 12.5 Å². The van der Waals surface area contributed by atoms with E-state index in [1.54, 1.807) is 11.8 Å². The average Bonchev–Trinajstić information content (AvgIpc) is 2.16. The highest BCUT2D eigenvalue weighted by molar-refractivity contribution is 8.16. The molecule has 4 heteroatoms. The predicted octanol–water partition coefficient (Wildman–Crippen LogP) is 1.10. The summed E-state index contributed by atoms with van der Waals surface area (Å²) in [6.07, 6.45) is 0. The van der Waals surface area contributed by atoms with Crippen LogP contribution in [0.5, 0.6) is 0 Å². The number of hydrogen-bond acceptors (Lipinski definition) is 3. The first-order valence-corrected chi connectivity index (χ1v) is 5.33. The van der Waals surface area contributed by atoms with Crippen molar-refractivity contribution >= 4 is 16.9 Å². The fourth-order valence-electron chi connectivity index (χ4n) is 1.34. The standard InChI is InChI=1S/C9H17N3S/c1-4-13-9(10-2)12-7-5-11(3)6-8-12/h4H,1,5-8H2,2-3H3. The zero-order chi connectivity index (χ0) is 9.68. The van der Waals surface area contributed by atoms with Gasteiger partial charge >= 0.3 is 0 Å². The van der Waals surface area contributed by atoms with Crippen LogP contribution >= 0.6 is 11.8 Å². The van der Waals surface area contributed by atoms with E-state index in [0.29, 0.717) is 0 Å². The zero-order valence-corrected chi connectivity index (χ0v) is 9.18. The molecule has 0 aromatic carbocycles. The zero-order valence-electron chi connectivity index (χ0n) is 8.36. The molecule has 13 heavy (non-hydrogen) atoms. The largest absolute Gasteiger partial charge is 0.349 e. The molecule has 1 rings (SSSR count). The van der Waals surface area contributed by atoms with Crippen molar-refractivity contribution < 1.29 is 0 Å². The lowest BCUT2D eigenvalue weighted by atomic mass is 10.3. The molecule has 1 aliphatic heterocycles. The van der Waals surface area contributed by atoms with Crippen LogP contribution < -0.4 is 0 Å². The van der Waals surface area contributed by atoms with Crippen molar-refractivity contribution in [2.45, 2.75) is 0 Å². The molecule has 0 aromatic rings. The minimum atomic E-state index is 1.07. The van der Waals surface area contributed by atoms with Gasteiger partial charge in [-0.05, 0) is 12.5 Å². The molecule has 1 saturated heterocycles. The van der Waals surface area contributed by atoms with Gasteiger partial charge in [-0.2, -0.15) is 0 Å². The molecule has 1 fully saturated rings. The van der Waals surface area contributed by atoms with Crippen molar-refractivity contribution in [1.82, 2.24) is 9.80 Å². The molecule has 74 valence electrons. The Balaban J connectivity index is 2.46. The minimum absolute atomic E-state index is 1.07. The first-order valence-electron chi connectivity index (χ1n) is 4.45. The first-order chi connectivity index (χ1) is 6.27. The highest BCUT2D eigenvalue weighted by atomic mass is 32.2. The van der Waals surface area contributed by atoms with E-state index in [2.05, 4.69) is 28.4 Å². The van der Waals surface area contributed by atoms with Gasteiger partial charge in [0, 0.05) is 33.2 Å². The molecule has 0 amide bonds. The highest BCUT2D eigenvalue weighted by Crippen LogP contribution is 2.11. The van der Waals surface area contributed by atoms with Gasteiger partial charge < -0.3 is 9.80 Å². The van der Waals surface area contributed by atoms with Crippen LogP contribution in [0.4, 0.5) is 0 Å². The van der Waals surface area contributed by atoms with Crippen molar-refractivity contribution in [3.05, 3.63) is 12.0 Å². The maximum atomic E-state index is 4.24. The van der Waals surface area contributed by atoms with Crippen molar-refractivity contribution in [3.63, 3.8) is 0 Å². The number of aliphatic imine (C=N–C) groups is 1. The van der Waals surface area contributed by atoms with E-state index in [9.17, 15) is 0 Å². The second kappa shape index (κ2) is 5.29. The lowest BCUT2D eigenvalue weighted by molar-refractivity contribution is 0.218. The van der Waals surface area contributed by atoms with Crippen molar-refractivity contribution in [3.8, 4) is 0 Å². The minimum Gasteiger partial charge on any atom is -0.349 e. The number of rotatable bonds is 1. The maximum Gasteiger partial charge on any atom is 0.163 e. The SMILES string of the molecule is C=CSC(=NC)N1CCN(C)CC1. The van der Waals surface area contributed by atoms with E-state index in [1.165, 1.54) is 0 Å². The summed E-state index contributed by atoms with van der Waals surface area (Å²) in [4.78, 5) is 8.89. The Hall–Kier alpha value is -0.480. The van der Waals surface area contributed by atoms with Gasteiger partial charge in [0.15, 0.2) is 5.17 Å². The summed E-state index contributed by atoms with van der Waals surface area (Å²) >= 11 is 1.61. The maximum absolute atomic E-state index is 4.24. The van der Waals surface area contributed by atoms with Gasteiger partial charge in [0.25, 0.3) is 0 Å². The number of nitrogens with zero attached hydrogens (tertiary/aromatic N) is 3. The number of piperazine rings is 1. The Labute approximate surface area is 84.5 Å². The second-order valence-electron chi connectivity index (χ2n) is 3.08. The monoisotopic (exact) mass is 199 g/mol. The summed E-state index contributed by atoms with van der Waals surface area (Å²) < 4.78 is 0. The number of likely N-dealkylation sites (N-methyl/N-ethyl adjacent to an activating group) is 1. The molecule has 1 aliphatic rings. The fourth-order valence-corrected chi connectivity index (χ4v) is 1.93. The fraction of sp³-hybridized carbons (Fsp3) is 0.667. The van der Waals surface area contributed by atoms with Crippen LogP contribution in [0.3, 0.4) is 0 Å². The molecule has 0 unspecified atom stereocenters. The molecule has 0 bridgehead atoms. The Bertz CT molecular complexity index is 195. The topological polar surface area (TPSA) is 18.8 Å². The van der Waals surface area contributed by atoms with Crippen molar-refractivity contribution in [1.29, 1.82) is 0 Å². The third kappa shape index (κ3) is 3.04. The summed E-state index contributed by atoms with van der Waals surface area (Å²) in [5, 5.41) is 2.92. The van der Waals surface area contributed by atoms with Crippen LogP contribution in [0.1, 0.15) is 0 Å². The van der Waals surface area contributed by atoms with Crippen LogP contribution in [-0.4, -0.2) is 55.2 Å². The first kappa shape index (κ1) is 10.6. The van der Waals surface area contributed by atoms with Crippen molar-refractivity contribution in [2.24, 2.45) is 4.99 Å². The van der Waals surface area contributed by atoms with E-state index in [-0.39, 0.29) is 0 Å². The van der Waals surface area contributed by atoms with Gasteiger partial charge in [-0.3, -0.25) is 4.99 Å². The molecule has 0 N–H and O–H groups in total. The van der Waals surface area contributed by atoms with E-state index < -0.39 is 0 Å². The molecule has 0 atom stereocenters. The molecule has 0 saturated carbocycles. The average molecular weight is 199 g/mol. The molecule has 0 aromatic heterocycles. The summed E-state index contributed by atoms with van der Waals surface area (Å²) in [5.74, 6) is 0. The molecule has 0 radical (unpaired) electrons. The number of amidine groups is 1. The van der Waals surface area contributed by atoms with Crippen LogP contribution in [-0.2, 0) is 0 Å². The Kier molecular flexibility index (Phi) is 4.32. The van der Waals surface area contributed by atoms with E-state index >= 15 is 0 Å². The molecular formula is C9H17N3S. The van der Waals surface area contributed by atoms with Crippen LogP contribution in [0.15, 0.2) is 17.0 Å². The number of thioether (sulfide) groups is 1. The van der Waals surface area contributed by atoms with Crippen LogP contribution in [0, 0.1) is 0 Å². The summed E-state index contributed by atoms with van der Waals surface area (Å²) in [7, 11) is 3.99. The lowest BCUT2D eigenvalue weighted by Gasteiger charge is -2.33. The lowest BCUT2D eigenvalue weighted by Crippen LogP contribution is -2.46. The highest BCUT2D eigenvalue weighted by Gasteiger charge is 2.16. The second-order valence-corrected chi connectivity index (χ2v) is 4.02. The molecule has 1 heterocycles. The van der Waals surface area contributed by atoms with Crippen molar-refractivity contribution in [2.75, 3.05) is 40.3 Å². The predicted molar refractivity (Wildman–Crippen MR) is 60.2 cm³/mol. The summed E-state index contributed by atoms with van der Waals surface area (Å²) in [5.41, 5.74) is 0. The Morgan fingerprint density at radius 3 is 2.46 bits per heavy atom. The molecule has 0 aliphatic carbocycles. The third-order valence-corrected chi connectivity index (χ3v) is 2.97. The molecule has 0 spiro atoms. The van der Waals surface area contributed by atoms with Gasteiger partial charge in [-0.15, -0.1) is 0 Å². The molecule has 3 nitrogen and oxygen atoms in total. The van der Waals surface area contributed by atoms with E-state index in [0.717, 1.165) is 31.3 Å². The van der Waals surface area contributed by atoms with Gasteiger partial charge in [0.1, 0.15) is 0 Å². The quantitative estimate of drug-likeness (QED) is 0.465. The summed E-state index contributed by atoms with van der Waals surface area (Å²) in [6, 6.07) is 0. The Morgan fingerprint density at radius 1 is 1.38 bits per heavy atom.